The van der Waals surface area contributed by atoms with Crippen molar-refractivity contribution < 1.29 is 24.2 Å². The van der Waals surface area contributed by atoms with Crippen molar-refractivity contribution in [3.05, 3.63) is 12.2 Å². The van der Waals surface area contributed by atoms with Crippen LogP contribution in [0.25, 0.3) is 0 Å². The second-order valence-electron chi connectivity index (χ2n) is 5.40. The molecule has 1 amide bonds. The number of amides is 1. The number of nitrogens with one attached hydrogen (secondary N) is 1. The predicted octanol–water partition coefficient (Wildman–Crippen LogP) is 0.721. The van der Waals surface area contributed by atoms with Gasteiger partial charge in [-0.3, -0.25) is 9.59 Å². The number of aliphatic carboxylic acids is 1. The average molecular weight is 281 g/mol. The minimum absolute atomic E-state index is 0.0234. The van der Waals surface area contributed by atoms with Gasteiger partial charge in [-0.25, -0.2) is 4.79 Å². The van der Waals surface area contributed by atoms with E-state index in [0.29, 0.717) is 5.92 Å². The highest BCUT2D eigenvalue weighted by molar-refractivity contribution is 5.86. The molecule has 0 aromatic rings. The van der Waals surface area contributed by atoms with Crippen LogP contribution in [0.5, 0.6) is 0 Å². The van der Waals surface area contributed by atoms with Crippen molar-refractivity contribution in [3.63, 3.8) is 0 Å². The Labute approximate surface area is 117 Å². The Balaban J connectivity index is 1.88. The summed E-state index contributed by atoms with van der Waals surface area (Å²) >= 11 is 0. The van der Waals surface area contributed by atoms with Gasteiger partial charge in [0, 0.05) is 12.3 Å². The van der Waals surface area contributed by atoms with Crippen molar-refractivity contribution in [1.82, 2.24) is 5.32 Å². The number of carbonyl (C=O) groups excluding carboxylic acids is 2. The van der Waals surface area contributed by atoms with Crippen LogP contribution >= 0.6 is 0 Å². The molecule has 1 fully saturated rings. The lowest BCUT2D eigenvalue weighted by molar-refractivity contribution is -0.144. The summed E-state index contributed by atoms with van der Waals surface area (Å²) in [4.78, 5) is 34.3. The molecule has 0 aromatic carbocycles. The molecule has 2 bridgehead atoms. The molecule has 2 rings (SSSR count). The Morgan fingerprint density at radius 3 is 2.60 bits per heavy atom. The van der Waals surface area contributed by atoms with Gasteiger partial charge in [0.15, 0.2) is 0 Å². The molecule has 6 heteroatoms. The second-order valence-corrected chi connectivity index (χ2v) is 5.40. The first-order valence-corrected chi connectivity index (χ1v) is 6.79. The number of rotatable bonds is 6. The van der Waals surface area contributed by atoms with E-state index in [1.54, 1.807) is 0 Å². The lowest BCUT2D eigenvalue weighted by Gasteiger charge is -2.21. The molecule has 110 valence electrons. The number of fused-ring (bicyclic) bond motifs is 2. The van der Waals surface area contributed by atoms with Gasteiger partial charge >= 0.3 is 11.9 Å². The molecular weight excluding hydrogens is 262 g/mol. The minimum Gasteiger partial charge on any atom is -0.480 e. The number of ether oxygens (including phenoxy) is 1. The van der Waals surface area contributed by atoms with E-state index in [1.165, 1.54) is 7.11 Å². The fourth-order valence-electron chi connectivity index (χ4n) is 2.98. The zero-order valence-corrected chi connectivity index (χ0v) is 11.4. The fraction of sp³-hybridized carbons (Fsp3) is 0.643. The van der Waals surface area contributed by atoms with Crippen molar-refractivity contribution in [3.8, 4) is 0 Å². The van der Waals surface area contributed by atoms with Gasteiger partial charge in [0.05, 0.1) is 7.11 Å². The molecule has 0 spiro atoms. The first-order chi connectivity index (χ1) is 9.51. The Morgan fingerprint density at radius 2 is 2.10 bits per heavy atom. The largest absolute Gasteiger partial charge is 0.480 e. The van der Waals surface area contributed by atoms with Crippen LogP contribution in [0.3, 0.4) is 0 Å². The van der Waals surface area contributed by atoms with Gasteiger partial charge in [0.2, 0.25) is 5.91 Å². The first kappa shape index (κ1) is 14.6. The van der Waals surface area contributed by atoms with E-state index in [4.69, 9.17) is 5.11 Å². The van der Waals surface area contributed by atoms with Gasteiger partial charge in [0.1, 0.15) is 6.04 Å². The molecule has 1 saturated carbocycles. The summed E-state index contributed by atoms with van der Waals surface area (Å²) in [6.07, 6.45) is 5.96. The third-order valence-electron chi connectivity index (χ3n) is 4.10. The molecule has 0 aromatic heterocycles. The van der Waals surface area contributed by atoms with Crippen LogP contribution in [0.1, 0.15) is 25.7 Å². The SMILES string of the molecule is COC(=O)CC[C@H](NC(=O)C1CC2C=CC1C2)C(=O)O. The minimum atomic E-state index is -1.12. The molecular formula is C14H19NO5. The summed E-state index contributed by atoms with van der Waals surface area (Å²) in [7, 11) is 1.25. The maximum atomic E-state index is 12.1. The summed E-state index contributed by atoms with van der Waals surface area (Å²) < 4.78 is 4.47. The van der Waals surface area contributed by atoms with E-state index >= 15 is 0 Å². The van der Waals surface area contributed by atoms with Gasteiger partial charge in [-0.05, 0) is 31.1 Å². The maximum absolute atomic E-state index is 12.1. The number of hydrogen-bond acceptors (Lipinski definition) is 4. The molecule has 2 N–H and O–H groups in total. The van der Waals surface area contributed by atoms with Crippen LogP contribution in [0.4, 0.5) is 0 Å². The van der Waals surface area contributed by atoms with Crippen LogP contribution < -0.4 is 5.32 Å². The van der Waals surface area contributed by atoms with Crippen LogP contribution in [0, 0.1) is 17.8 Å². The number of methoxy groups -OCH3 is 1. The van der Waals surface area contributed by atoms with Gasteiger partial charge in [-0.1, -0.05) is 12.2 Å². The van der Waals surface area contributed by atoms with Crippen molar-refractivity contribution in [2.75, 3.05) is 7.11 Å². The number of esters is 1. The molecule has 0 heterocycles. The van der Waals surface area contributed by atoms with Gasteiger partial charge in [-0.2, -0.15) is 0 Å². The highest BCUT2D eigenvalue weighted by Gasteiger charge is 2.40. The lowest BCUT2D eigenvalue weighted by atomic mass is 9.92. The number of carboxylic acid groups (broad SMARTS) is 1. The van der Waals surface area contributed by atoms with Crippen molar-refractivity contribution in [2.45, 2.75) is 31.7 Å². The third kappa shape index (κ3) is 3.18. The summed E-state index contributed by atoms with van der Waals surface area (Å²) in [6.45, 7) is 0. The Hall–Kier alpha value is -1.85. The summed E-state index contributed by atoms with van der Waals surface area (Å²) in [5, 5.41) is 11.6. The van der Waals surface area contributed by atoms with E-state index in [2.05, 4.69) is 16.1 Å². The zero-order valence-electron chi connectivity index (χ0n) is 11.4. The van der Waals surface area contributed by atoms with E-state index < -0.39 is 18.0 Å². The Morgan fingerprint density at radius 1 is 1.35 bits per heavy atom. The second kappa shape index (κ2) is 6.07. The van der Waals surface area contributed by atoms with Gasteiger partial charge < -0.3 is 15.2 Å². The van der Waals surface area contributed by atoms with E-state index in [9.17, 15) is 14.4 Å². The van der Waals surface area contributed by atoms with Crippen LogP contribution in [0.2, 0.25) is 0 Å². The Kier molecular flexibility index (Phi) is 4.42. The van der Waals surface area contributed by atoms with Crippen molar-refractivity contribution >= 4 is 17.8 Å². The number of carboxylic acids is 1. The molecule has 2 aliphatic carbocycles. The highest BCUT2D eigenvalue weighted by atomic mass is 16.5. The van der Waals surface area contributed by atoms with Gasteiger partial charge in [0.25, 0.3) is 0 Å². The third-order valence-corrected chi connectivity index (χ3v) is 4.10. The summed E-state index contributed by atoms with van der Waals surface area (Å²) in [6, 6.07) is -1.04. The maximum Gasteiger partial charge on any atom is 0.326 e. The molecule has 4 atom stereocenters. The van der Waals surface area contributed by atoms with Crippen LogP contribution in [-0.2, 0) is 19.1 Å². The quantitative estimate of drug-likeness (QED) is 0.553. The first-order valence-electron chi connectivity index (χ1n) is 6.79. The zero-order chi connectivity index (χ0) is 14.7. The summed E-state index contributed by atoms with van der Waals surface area (Å²) in [5.41, 5.74) is 0. The number of hydrogen-bond donors (Lipinski definition) is 2. The average Bonchev–Trinajstić information content (AvgIpc) is 3.04. The molecule has 0 saturated heterocycles. The highest BCUT2D eigenvalue weighted by Crippen LogP contribution is 2.43. The fourth-order valence-corrected chi connectivity index (χ4v) is 2.98. The normalized spacial score (nSPS) is 28.1. The lowest BCUT2D eigenvalue weighted by Crippen LogP contribution is -2.44. The molecule has 6 nitrogen and oxygen atoms in total. The van der Waals surface area contributed by atoms with Gasteiger partial charge in [-0.15, -0.1) is 0 Å². The van der Waals surface area contributed by atoms with E-state index in [1.807, 2.05) is 6.08 Å². The predicted molar refractivity (Wildman–Crippen MR) is 69.7 cm³/mol. The molecule has 20 heavy (non-hydrogen) atoms. The molecule has 0 aliphatic heterocycles. The smallest absolute Gasteiger partial charge is 0.326 e. The van der Waals surface area contributed by atoms with Crippen molar-refractivity contribution in [2.24, 2.45) is 17.8 Å². The Bertz CT molecular complexity index is 445. The molecule has 3 unspecified atom stereocenters. The van der Waals surface area contributed by atoms with Crippen LogP contribution in [0.15, 0.2) is 12.2 Å². The van der Waals surface area contributed by atoms with Crippen molar-refractivity contribution in [1.29, 1.82) is 0 Å². The van der Waals surface area contributed by atoms with E-state index in [-0.39, 0.29) is 30.6 Å². The summed E-state index contributed by atoms with van der Waals surface area (Å²) in [5.74, 6) is -1.28. The molecule has 0 radical (unpaired) electrons. The number of carbonyl (C=O) groups is 3. The standard InChI is InChI=1S/C14H19NO5/c1-20-12(16)5-4-11(14(18)19)15-13(17)10-7-8-2-3-9(10)6-8/h2-3,8-11H,4-7H2,1H3,(H,15,17)(H,18,19)/t8?,9?,10?,11-/m0/s1. The molecule has 2 aliphatic rings. The monoisotopic (exact) mass is 281 g/mol. The topological polar surface area (TPSA) is 92.7 Å². The number of allylic oxidation sites excluding steroid dienone is 2. The van der Waals surface area contributed by atoms with Crippen LogP contribution in [-0.4, -0.2) is 36.1 Å². The van der Waals surface area contributed by atoms with E-state index in [0.717, 1.165) is 12.8 Å².